The van der Waals surface area contributed by atoms with Gasteiger partial charge in [-0.2, -0.15) is 0 Å². The summed E-state index contributed by atoms with van der Waals surface area (Å²) in [6.07, 6.45) is 4.38. The van der Waals surface area contributed by atoms with Gasteiger partial charge >= 0.3 is 0 Å². The topological polar surface area (TPSA) is 29.1 Å². The summed E-state index contributed by atoms with van der Waals surface area (Å²) in [5.74, 6) is 0.135. The van der Waals surface area contributed by atoms with Crippen molar-refractivity contribution in [2.24, 2.45) is 0 Å². The van der Waals surface area contributed by atoms with Crippen LogP contribution in [0, 0.1) is 0 Å². The van der Waals surface area contributed by atoms with Crippen molar-refractivity contribution in [1.29, 1.82) is 0 Å². The summed E-state index contributed by atoms with van der Waals surface area (Å²) in [5, 5.41) is 4.38. The molecule has 1 amide bonds. The third-order valence-electron chi connectivity index (χ3n) is 3.08. The third-order valence-corrected chi connectivity index (χ3v) is 3.79. The summed E-state index contributed by atoms with van der Waals surface area (Å²) in [6, 6.07) is 5.66. The molecule has 0 spiro atoms. The van der Waals surface area contributed by atoms with E-state index in [1.54, 1.807) is 0 Å². The predicted molar refractivity (Wildman–Crippen MR) is 70.6 cm³/mol. The van der Waals surface area contributed by atoms with Gasteiger partial charge < -0.3 is 5.32 Å². The Morgan fingerprint density at radius 2 is 1.94 bits per heavy atom. The first kappa shape index (κ1) is 12.7. The van der Waals surface area contributed by atoms with Crippen LogP contribution in [-0.4, -0.2) is 11.9 Å². The highest BCUT2D eigenvalue weighted by molar-refractivity contribution is 6.36. The lowest BCUT2D eigenvalue weighted by atomic mass is 10.0. The maximum atomic E-state index is 11.5. The SMILES string of the molecule is O=C1CCCCC(Cc2c(Cl)cccc2Cl)N1. The number of halogens is 2. The molecule has 0 saturated carbocycles. The lowest BCUT2D eigenvalue weighted by molar-refractivity contribution is -0.121. The van der Waals surface area contributed by atoms with Gasteiger partial charge in [0.15, 0.2) is 0 Å². The average Bonchev–Trinajstić information content (AvgIpc) is 2.48. The monoisotopic (exact) mass is 271 g/mol. The highest BCUT2D eigenvalue weighted by Gasteiger charge is 2.18. The Hall–Kier alpha value is -0.730. The van der Waals surface area contributed by atoms with E-state index in [1.165, 1.54) is 0 Å². The van der Waals surface area contributed by atoms with Gasteiger partial charge in [0.2, 0.25) is 5.91 Å². The number of carbonyl (C=O) groups is 1. The summed E-state index contributed by atoms with van der Waals surface area (Å²) in [6.45, 7) is 0. The number of rotatable bonds is 2. The third kappa shape index (κ3) is 3.36. The quantitative estimate of drug-likeness (QED) is 0.875. The number of benzene rings is 1. The molecule has 0 aromatic heterocycles. The van der Waals surface area contributed by atoms with Crippen molar-refractivity contribution < 1.29 is 4.79 Å². The van der Waals surface area contributed by atoms with E-state index in [0.29, 0.717) is 22.9 Å². The second-order valence-corrected chi connectivity index (χ2v) is 5.23. The number of nitrogens with one attached hydrogen (secondary N) is 1. The molecule has 17 heavy (non-hydrogen) atoms. The van der Waals surface area contributed by atoms with Gasteiger partial charge in [-0.1, -0.05) is 35.7 Å². The van der Waals surface area contributed by atoms with Crippen LogP contribution in [-0.2, 0) is 11.2 Å². The van der Waals surface area contributed by atoms with E-state index in [-0.39, 0.29) is 11.9 Å². The van der Waals surface area contributed by atoms with E-state index in [9.17, 15) is 4.79 Å². The van der Waals surface area contributed by atoms with Crippen molar-refractivity contribution in [1.82, 2.24) is 5.32 Å². The number of carbonyl (C=O) groups excluding carboxylic acids is 1. The van der Waals surface area contributed by atoms with Gasteiger partial charge in [-0.05, 0) is 37.0 Å². The Balaban J connectivity index is 2.11. The fourth-order valence-electron chi connectivity index (χ4n) is 2.18. The molecule has 1 heterocycles. The Labute approximate surface area is 111 Å². The first-order chi connectivity index (χ1) is 8.16. The lowest BCUT2D eigenvalue weighted by Gasteiger charge is -2.17. The van der Waals surface area contributed by atoms with Crippen molar-refractivity contribution in [2.75, 3.05) is 0 Å². The minimum absolute atomic E-state index is 0.135. The molecule has 1 fully saturated rings. The summed E-state index contributed by atoms with van der Waals surface area (Å²) in [5.41, 5.74) is 0.933. The second kappa shape index (κ2) is 5.74. The first-order valence-corrected chi connectivity index (χ1v) is 6.64. The molecule has 1 N–H and O–H groups in total. The molecule has 0 radical (unpaired) electrons. The van der Waals surface area contributed by atoms with Crippen molar-refractivity contribution in [2.45, 2.75) is 38.1 Å². The zero-order chi connectivity index (χ0) is 12.3. The largest absolute Gasteiger partial charge is 0.353 e. The summed E-state index contributed by atoms with van der Waals surface area (Å²) in [7, 11) is 0. The minimum atomic E-state index is 0.135. The molecule has 0 aliphatic carbocycles. The molecule has 0 bridgehead atoms. The van der Waals surface area contributed by atoms with Gasteiger partial charge in [-0.15, -0.1) is 0 Å². The summed E-state index contributed by atoms with van der Waals surface area (Å²) in [4.78, 5) is 11.5. The van der Waals surface area contributed by atoms with Gasteiger partial charge in [0.25, 0.3) is 0 Å². The molecule has 1 aliphatic heterocycles. The Morgan fingerprint density at radius 3 is 2.65 bits per heavy atom. The molecule has 1 aromatic rings. The lowest BCUT2D eigenvalue weighted by Crippen LogP contribution is -2.34. The number of amides is 1. The van der Waals surface area contributed by atoms with E-state index in [0.717, 1.165) is 24.8 Å². The van der Waals surface area contributed by atoms with Crippen LogP contribution in [0.1, 0.15) is 31.2 Å². The van der Waals surface area contributed by atoms with Gasteiger partial charge in [-0.25, -0.2) is 0 Å². The van der Waals surface area contributed by atoms with Crippen LogP contribution in [0.3, 0.4) is 0 Å². The maximum Gasteiger partial charge on any atom is 0.220 e. The van der Waals surface area contributed by atoms with E-state index in [1.807, 2.05) is 18.2 Å². The molecule has 1 saturated heterocycles. The molecule has 1 unspecified atom stereocenters. The molecule has 2 nitrogen and oxygen atoms in total. The van der Waals surface area contributed by atoms with Crippen LogP contribution < -0.4 is 5.32 Å². The molecule has 1 atom stereocenters. The van der Waals surface area contributed by atoms with Crippen molar-refractivity contribution >= 4 is 29.1 Å². The highest BCUT2D eigenvalue weighted by atomic mass is 35.5. The second-order valence-electron chi connectivity index (χ2n) is 4.41. The Bertz CT molecular complexity index is 400. The molecule has 92 valence electrons. The van der Waals surface area contributed by atoms with Crippen LogP contribution in [0.15, 0.2) is 18.2 Å². The van der Waals surface area contributed by atoms with E-state index in [4.69, 9.17) is 23.2 Å². The molecular weight excluding hydrogens is 257 g/mol. The molecule has 2 rings (SSSR count). The summed E-state index contributed by atoms with van der Waals surface area (Å²) >= 11 is 12.3. The standard InChI is InChI=1S/C13H15Cl2NO/c14-11-5-3-6-12(15)10(11)8-9-4-1-2-7-13(17)16-9/h3,5-6,9H,1-2,4,7-8H2,(H,16,17). The molecule has 1 aromatic carbocycles. The maximum absolute atomic E-state index is 11.5. The number of hydrogen-bond acceptors (Lipinski definition) is 1. The minimum Gasteiger partial charge on any atom is -0.353 e. The van der Waals surface area contributed by atoms with Crippen LogP contribution in [0.5, 0.6) is 0 Å². The highest BCUT2D eigenvalue weighted by Crippen LogP contribution is 2.26. The van der Waals surface area contributed by atoms with Gasteiger partial charge in [-0.3, -0.25) is 4.79 Å². The molecule has 1 aliphatic rings. The normalized spacial score (nSPS) is 20.8. The molecular formula is C13H15Cl2NO. The van der Waals surface area contributed by atoms with E-state index >= 15 is 0 Å². The fraction of sp³-hybridized carbons (Fsp3) is 0.462. The van der Waals surface area contributed by atoms with Gasteiger partial charge in [0.05, 0.1) is 0 Å². The van der Waals surface area contributed by atoms with Crippen molar-refractivity contribution in [3.05, 3.63) is 33.8 Å². The Morgan fingerprint density at radius 1 is 1.24 bits per heavy atom. The average molecular weight is 272 g/mol. The van der Waals surface area contributed by atoms with Crippen LogP contribution in [0.25, 0.3) is 0 Å². The molecule has 4 heteroatoms. The fourth-order valence-corrected chi connectivity index (χ4v) is 2.73. The van der Waals surface area contributed by atoms with Crippen LogP contribution >= 0.6 is 23.2 Å². The van der Waals surface area contributed by atoms with Gasteiger partial charge in [0, 0.05) is 22.5 Å². The number of hydrogen-bond donors (Lipinski definition) is 1. The predicted octanol–water partition coefficient (Wildman–Crippen LogP) is 3.59. The van der Waals surface area contributed by atoms with E-state index < -0.39 is 0 Å². The zero-order valence-electron chi connectivity index (χ0n) is 9.51. The summed E-state index contributed by atoms with van der Waals surface area (Å²) < 4.78 is 0. The van der Waals surface area contributed by atoms with Crippen molar-refractivity contribution in [3.63, 3.8) is 0 Å². The van der Waals surface area contributed by atoms with Crippen molar-refractivity contribution in [3.8, 4) is 0 Å². The van der Waals surface area contributed by atoms with E-state index in [2.05, 4.69) is 5.32 Å². The smallest absolute Gasteiger partial charge is 0.220 e. The zero-order valence-corrected chi connectivity index (χ0v) is 11.0. The Kier molecular flexibility index (Phi) is 4.30. The van der Waals surface area contributed by atoms with Gasteiger partial charge in [0.1, 0.15) is 0 Å². The first-order valence-electron chi connectivity index (χ1n) is 5.89. The van der Waals surface area contributed by atoms with Crippen LogP contribution in [0.2, 0.25) is 10.0 Å². The van der Waals surface area contributed by atoms with Crippen LogP contribution in [0.4, 0.5) is 0 Å².